The van der Waals surface area contributed by atoms with E-state index in [-0.39, 0.29) is 6.04 Å². The van der Waals surface area contributed by atoms with Crippen LogP contribution >= 0.6 is 11.6 Å². The van der Waals surface area contributed by atoms with Crippen molar-refractivity contribution in [1.29, 1.82) is 0 Å². The number of rotatable bonds is 7. The molecule has 3 N–H and O–H groups in total. The molecule has 0 aliphatic rings. The van der Waals surface area contributed by atoms with Crippen LogP contribution in [0.15, 0.2) is 18.3 Å². The van der Waals surface area contributed by atoms with E-state index in [1.807, 2.05) is 12.1 Å². The Kier molecular flexibility index (Phi) is 6.38. The lowest BCUT2D eigenvalue weighted by atomic mass is 10.0. The van der Waals surface area contributed by atoms with E-state index in [4.69, 9.17) is 17.4 Å². The highest BCUT2D eigenvalue weighted by molar-refractivity contribution is 6.30. The number of hydrogen-bond acceptors (Lipinski definition) is 3. The zero-order chi connectivity index (χ0) is 11.8. The fraction of sp³-hybridized carbons (Fsp3) is 0.583. The summed E-state index contributed by atoms with van der Waals surface area (Å²) in [6, 6.07) is 3.90. The molecular weight excluding hydrogens is 222 g/mol. The van der Waals surface area contributed by atoms with Crippen LogP contribution in [0.3, 0.4) is 0 Å². The van der Waals surface area contributed by atoms with E-state index in [0.29, 0.717) is 5.02 Å². The van der Waals surface area contributed by atoms with Gasteiger partial charge in [0.25, 0.3) is 0 Å². The molecular formula is C12H20ClN3. The molecule has 0 aromatic carbocycles. The van der Waals surface area contributed by atoms with Gasteiger partial charge in [0.05, 0.1) is 16.8 Å². The summed E-state index contributed by atoms with van der Waals surface area (Å²) in [7, 11) is 0. The molecule has 1 atom stereocenters. The Hall–Kier alpha value is -0.640. The molecule has 0 spiro atoms. The van der Waals surface area contributed by atoms with Gasteiger partial charge in [-0.05, 0) is 18.6 Å². The Bertz CT molecular complexity index is 287. The highest BCUT2D eigenvalue weighted by Crippen LogP contribution is 2.18. The number of nitrogens with two attached hydrogens (primary N) is 1. The lowest BCUT2D eigenvalue weighted by Gasteiger charge is -2.14. The van der Waals surface area contributed by atoms with Gasteiger partial charge in [-0.25, -0.2) is 0 Å². The Labute approximate surface area is 102 Å². The summed E-state index contributed by atoms with van der Waals surface area (Å²) < 4.78 is 0. The van der Waals surface area contributed by atoms with Crippen LogP contribution in [0.5, 0.6) is 0 Å². The first-order valence-electron chi connectivity index (χ1n) is 5.85. The zero-order valence-corrected chi connectivity index (χ0v) is 10.5. The highest BCUT2D eigenvalue weighted by Gasteiger charge is 2.10. The van der Waals surface area contributed by atoms with Gasteiger partial charge < -0.3 is 0 Å². The van der Waals surface area contributed by atoms with Gasteiger partial charge in [-0.2, -0.15) is 0 Å². The summed E-state index contributed by atoms with van der Waals surface area (Å²) in [5, 5.41) is 0.658. The molecule has 1 unspecified atom stereocenters. The number of halogens is 1. The topological polar surface area (TPSA) is 50.9 Å². The molecule has 0 bridgehead atoms. The average Bonchev–Trinajstić information content (AvgIpc) is 2.31. The predicted octanol–water partition coefficient (Wildman–Crippen LogP) is 3.21. The smallest absolute Gasteiger partial charge is 0.0632 e. The van der Waals surface area contributed by atoms with Gasteiger partial charge in [0.2, 0.25) is 0 Å². The lowest BCUT2D eigenvalue weighted by molar-refractivity contribution is 0.473. The third-order valence-electron chi connectivity index (χ3n) is 2.65. The maximum atomic E-state index is 5.79. The molecule has 1 aromatic heterocycles. The molecule has 0 radical (unpaired) electrons. The van der Waals surface area contributed by atoms with E-state index in [2.05, 4.69) is 17.3 Å². The second-order valence-corrected chi connectivity index (χ2v) is 4.41. The quantitative estimate of drug-likeness (QED) is 0.438. The molecule has 0 fully saturated rings. The largest absolute Gasteiger partial charge is 0.271 e. The van der Waals surface area contributed by atoms with Gasteiger partial charge in [-0.1, -0.05) is 44.2 Å². The zero-order valence-electron chi connectivity index (χ0n) is 9.75. The van der Waals surface area contributed by atoms with E-state index in [9.17, 15) is 0 Å². The van der Waals surface area contributed by atoms with Crippen molar-refractivity contribution in [1.82, 2.24) is 10.4 Å². The van der Waals surface area contributed by atoms with E-state index in [0.717, 1.165) is 12.1 Å². The lowest BCUT2D eigenvalue weighted by Crippen LogP contribution is -2.28. The van der Waals surface area contributed by atoms with Crippen LogP contribution in [0, 0.1) is 0 Å². The van der Waals surface area contributed by atoms with Crippen LogP contribution < -0.4 is 11.3 Å². The van der Waals surface area contributed by atoms with Crippen molar-refractivity contribution in [3.05, 3.63) is 29.0 Å². The monoisotopic (exact) mass is 241 g/mol. The number of aromatic nitrogens is 1. The van der Waals surface area contributed by atoms with Crippen molar-refractivity contribution in [3.8, 4) is 0 Å². The summed E-state index contributed by atoms with van der Waals surface area (Å²) in [5.74, 6) is 5.53. The first kappa shape index (κ1) is 13.4. The minimum absolute atomic E-state index is 0.133. The molecule has 0 aliphatic heterocycles. The number of hydrazine groups is 1. The highest BCUT2D eigenvalue weighted by atomic mass is 35.5. The predicted molar refractivity (Wildman–Crippen MR) is 68.1 cm³/mol. The fourth-order valence-electron chi connectivity index (χ4n) is 1.69. The van der Waals surface area contributed by atoms with E-state index >= 15 is 0 Å². The Balaban J connectivity index is 2.44. The second kappa shape index (κ2) is 7.60. The van der Waals surface area contributed by atoms with E-state index in [1.165, 1.54) is 25.7 Å². The summed E-state index contributed by atoms with van der Waals surface area (Å²) in [4.78, 5) is 4.27. The van der Waals surface area contributed by atoms with Gasteiger partial charge in [0.15, 0.2) is 0 Å². The summed E-state index contributed by atoms with van der Waals surface area (Å²) in [6.45, 7) is 2.21. The molecule has 0 aliphatic carbocycles. The van der Waals surface area contributed by atoms with Crippen LogP contribution in [-0.2, 0) is 0 Å². The van der Waals surface area contributed by atoms with Gasteiger partial charge in [-0.15, -0.1) is 0 Å². The molecule has 3 nitrogen and oxygen atoms in total. The molecule has 4 heteroatoms. The minimum atomic E-state index is 0.133. The molecule has 16 heavy (non-hydrogen) atoms. The van der Waals surface area contributed by atoms with Gasteiger partial charge in [0, 0.05) is 6.20 Å². The number of nitrogens with zero attached hydrogens (tertiary/aromatic N) is 1. The van der Waals surface area contributed by atoms with Crippen molar-refractivity contribution >= 4 is 11.6 Å². The van der Waals surface area contributed by atoms with Crippen LogP contribution in [0.1, 0.15) is 50.8 Å². The van der Waals surface area contributed by atoms with Crippen LogP contribution in [0.2, 0.25) is 5.02 Å². The van der Waals surface area contributed by atoms with Crippen molar-refractivity contribution in [2.24, 2.45) is 5.84 Å². The average molecular weight is 242 g/mol. The summed E-state index contributed by atoms with van der Waals surface area (Å²) in [5.41, 5.74) is 3.77. The summed E-state index contributed by atoms with van der Waals surface area (Å²) in [6.07, 6.45) is 7.64. The SMILES string of the molecule is CCCCCCC(NN)c1ccc(Cl)cn1. The molecule has 0 saturated carbocycles. The molecule has 1 rings (SSSR count). The van der Waals surface area contributed by atoms with Crippen LogP contribution in [0.25, 0.3) is 0 Å². The van der Waals surface area contributed by atoms with Crippen LogP contribution in [0.4, 0.5) is 0 Å². The van der Waals surface area contributed by atoms with E-state index < -0.39 is 0 Å². The number of nitrogens with one attached hydrogen (secondary N) is 1. The summed E-state index contributed by atoms with van der Waals surface area (Å²) >= 11 is 5.79. The second-order valence-electron chi connectivity index (χ2n) is 3.97. The Morgan fingerprint density at radius 3 is 2.75 bits per heavy atom. The van der Waals surface area contributed by atoms with E-state index in [1.54, 1.807) is 6.20 Å². The number of pyridine rings is 1. The number of unbranched alkanes of at least 4 members (excludes halogenated alkanes) is 3. The number of hydrogen-bond donors (Lipinski definition) is 2. The molecule has 90 valence electrons. The van der Waals surface area contributed by atoms with Crippen LogP contribution in [-0.4, -0.2) is 4.98 Å². The Morgan fingerprint density at radius 1 is 1.38 bits per heavy atom. The first-order valence-corrected chi connectivity index (χ1v) is 6.23. The van der Waals surface area contributed by atoms with Crippen molar-refractivity contribution in [3.63, 3.8) is 0 Å². The first-order chi connectivity index (χ1) is 7.77. The van der Waals surface area contributed by atoms with Gasteiger partial charge >= 0.3 is 0 Å². The fourth-order valence-corrected chi connectivity index (χ4v) is 1.80. The standard InChI is InChI=1S/C12H20ClN3/c1-2-3-4-5-6-12(16-14)11-8-7-10(13)9-15-11/h7-9,12,16H,2-6,14H2,1H3. The molecule has 1 aromatic rings. The van der Waals surface area contributed by atoms with Crippen molar-refractivity contribution in [2.45, 2.75) is 45.1 Å². The third kappa shape index (κ3) is 4.47. The molecule has 0 amide bonds. The van der Waals surface area contributed by atoms with Crippen molar-refractivity contribution < 1.29 is 0 Å². The minimum Gasteiger partial charge on any atom is -0.271 e. The molecule has 1 heterocycles. The molecule has 0 saturated heterocycles. The van der Waals surface area contributed by atoms with Crippen molar-refractivity contribution in [2.75, 3.05) is 0 Å². The maximum absolute atomic E-state index is 5.79. The van der Waals surface area contributed by atoms with Gasteiger partial charge in [-0.3, -0.25) is 16.3 Å². The normalized spacial score (nSPS) is 12.7. The Morgan fingerprint density at radius 2 is 2.19 bits per heavy atom. The van der Waals surface area contributed by atoms with Gasteiger partial charge in [0.1, 0.15) is 0 Å². The third-order valence-corrected chi connectivity index (χ3v) is 2.88. The maximum Gasteiger partial charge on any atom is 0.0632 e.